The standard InChI is InChI=1S/C8H14Br4O/c1-7(11,3-9)5-13-6-8(2,12)4-10/h3-6H2,1-2H3/t7-,8?/m1/s1. The van der Waals surface area contributed by atoms with E-state index in [1.165, 1.54) is 0 Å². The van der Waals surface area contributed by atoms with E-state index in [9.17, 15) is 0 Å². The normalized spacial score (nSPS) is 20.8. The zero-order valence-electron chi connectivity index (χ0n) is 7.75. The molecule has 0 spiro atoms. The second-order valence-electron chi connectivity index (χ2n) is 3.59. The molecule has 0 bridgehead atoms. The summed E-state index contributed by atoms with van der Waals surface area (Å²) in [5.74, 6) is 0. The molecule has 5 heteroatoms. The van der Waals surface area contributed by atoms with Crippen LogP contribution in [0, 0.1) is 0 Å². The van der Waals surface area contributed by atoms with Gasteiger partial charge in [0.15, 0.2) is 0 Å². The molecule has 13 heavy (non-hydrogen) atoms. The van der Waals surface area contributed by atoms with Gasteiger partial charge >= 0.3 is 0 Å². The minimum Gasteiger partial charge on any atom is -0.379 e. The number of ether oxygens (including phenoxy) is 1. The SMILES string of the molecule is CC(Br)(CBr)COC[C@](C)(Br)CBr. The summed E-state index contributed by atoms with van der Waals surface area (Å²) < 4.78 is 5.65. The first-order valence-corrected chi connectivity index (χ1v) is 7.73. The maximum atomic E-state index is 5.59. The molecule has 0 saturated heterocycles. The lowest BCUT2D eigenvalue weighted by atomic mass is 10.2. The van der Waals surface area contributed by atoms with Gasteiger partial charge in [0, 0.05) is 10.7 Å². The summed E-state index contributed by atoms with van der Waals surface area (Å²) in [5.41, 5.74) is 0. The molecule has 1 nitrogen and oxygen atoms in total. The van der Waals surface area contributed by atoms with Crippen molar-refractivity contribution in [3.8, 4) is 0 Å². The Morgan fingerprint density at radius 3 is 1.46 bits per heavy atom. The van der Waals surface area contributed by atoms with E-state index >= 15 is 0 Å². The lowest BCUT2D eigenvalue weighted by Gasteiger charge is -2.24. The van der Waals surface area contributed by atoms with Crippen LogP contribution in [-0.2, 0) is 4.74 Å². The van der Waals surface area contributed by atoms with Crippen molar-refractivity contribution in [1.29, 1.82) is 0 Å². The fourth-order valence-electron chi connectivity index (χ4n) is 0.554. The van der Waals surface area contributed by atoms with E-state index in [1.54, 1.807) is 0 Å². The third kappa shape index (κ3) is 7.77. The Labute approximate surface area is 114 Å². The minimum atomic E-state index is 0.0302. The first-order valence-electron chi connectivity index (χ1n) is 3.90. The predicted octanol–water partition coefficient (Wildman–Crippen LogP) is 4.10. The topological polar surface area (TPSA) is 9.23 Å². The minimum absolute atomic E-state index is 0.0302. The van der Waals surface area contributed by atoms with Gasteiger partial charge in [-0.25, -0.2) is 0 Å². The van der Waals surface area contributed by atoms with Gasteiger partial charge in [-0.3, -0.25) is 0 Å². The molecule has 2 atom stereocenters. The van der Waals surface area contributed by atoms with Crippen LogP contribution in [0.3, 0.4) is 0 Å². The van der Waals surface area contributed by atoms with Gasteiger partial charge in [0.1, 0.15) is 0 Å². The highest BCUT2D eigenvalue weighted by atomic mass is 79.9. The summed E-state index contributed by atoms with van der Waals surface area (Å²) >= 11 is 14.0. The van der Waals surface area contributed by atoms with Gasteiger partial charge in [0.05, 0.1) is 21.9 Å². The number of hydrogen-bond donors (Lipinski definition) is 0. The molecule has 0 aromatic rings. The van der Waals surface area contributed by atoms with E-state index in [4.69, 9.17) is 4.74 Å². The third-order valence-electron chi connectivity index (χ3n) is 1.36. The smallest absolute Gasteiger partial charge is 0.0625 e. The molecule has 0 heterocycles. The summed E-state index contributed by atoms with van der Waals surface area (Å²) in [7, 11) is 0. The van der Waals surface area contributed by atoms with Gasteiger partial charge in [-0.15, -0.1) is 0 Å². The molecular formula is C8H14Br4O. The maximum Gasteiger partial charge on any atom is 0.0625 e. The first kappa shape index (κ1) is 14.9. The second-order valence-corrected chi connectivity index (χ2v) is 8.54. The Balaban J connectivity index is 3.68. The molecule has 0 fully saturated rings. The van der Waals surface area contributed by atoms with Crippen LogP contribution in [0.15, 0.2) is 0 Å². The first-order chi connectivity index (χ1) is 5.83. The van der Waals surface area contributed by atoms with Crippen molar-refractivity contribution in [1.82, 2.24) is 0 Å². The fourth-order valence-corrected chi connectivity index (χ4v) is 1.20. The lowest BCUT2D eigenvalue weighted by Crippen LogP contribution is -2.31. The van der Waals surface area contributed by atoms with Gasteiger partial charge in [-0.05, 0) is 13.8 Å². The fraction of sp³-hybridized carbons (Fsp3) is 1.00. The molecule has 0 aliphatic heterocycles. The van der Waals surface area contributed by atoms with Crippen LogP contribution < -0.4 is 0 Å². The molecule has 0 aromatic carbocycles. The Hall–Kier alpha value is 1.88. The van der Waals surface area contributed by atoms with Crippen LogP contribution in [0.25, 0.3) is 0 Å². The van der Waals surface area contributed by atoms with Crippen molar-refractivity contribution >= 4 is 63.7 Å². The summed E-state index contributed by atoms with van der Waals surface area (Å²) in [5, 5.41) is 1.76. The number of hydrogen-bond acceptors (Lipinski definition) is 1. The molecule has 0 rings (SSSR count). The average molecular weight is 446 g/mol. The molecule has 0 aliphatic rings. The number of rotatable bonds is 6. The maximum absolute atomic E-state index is 5.59. The molecule has 0 aliphatic carbocycles. The summed E-state index contributed by atoms with van der Waals surface area (Å²) in [6, 6.07) is 0. The summed E-state index contributed by atoms with van der Waals surface area (Å²) in [6.45, 7) is 5.60. The van der Waals surface area contributed by atoms with E-state index < -0.39 is 0 Å². The molecule has 1 unspecified atom stereocenters. The van der Waals surface area contributed by atoms with Crippen molar-refractivity contribution in [2.75, 3.05) is 23.9 Å². The van der Waals surface area contributed by atoms with Crippen LogP contribution >= 0.6 is 63.7 Å². The van der Waals surface area contributed by atoms with Crippen molar-refractivity contribution in [2.45, 2.75) is 22.5 Å². The van der Waals surface area contributed by atoms with E-state index in [0.29, 0.717) is 13.2 Å². The monoisotopic (exact) mass is 442 g/mol. The molecular weight excluding hydrogens is 432 g/mol. The Bertz CT molecular complexity index is 131. The quantitative estimate of drug-likeness (QED) is 0.559. The van der Waals surface area contributed by atoms with E-state index in [1.807, 2.05) is 0 Å². The van der Waals surface area contributed by atoms with Gasteiger partial charge in [-0.2, -0.15) is 0 Å². The van der Waals surface area contributed by atoms with Crippen LogP contribution in [0.5, 0.6) is 0 Å². The van der Waals surface area contributed by atoms with E-state index in [2.05, 4.69) is 77.6 Å². The van der Waals surface area contributed by atoms with Crippen LogP contribution in [0.2, 0.25) is 0 Å². The van der Waals surface area contributed by atoms with Crippen molar-refractivity contribution in [3.05, 3.63) is 0 Å². The van der Waals surface area contributed by atoms with Crippen molar-refractivity contribution in [2.24, 2.45) is 0 Å². The lowest BCUT2D eigenvalue weighted by molar-refractivity contribution is 0.111. The molecule has 0 saturated carbocycles. The van der Waals surface area contributed by atoms with Crippen LogP contribution in [0.1, 0.15) is 13.8 Å². The molecule has 0 amide bonds. The molecule has 0 aromatic heterocycles. The molecule has 0 radical (unpaired) electrons. The van der Waals surface area contributed by atoms with Gasteiger partial charge in [0.2, 0.25) is 0 Å². The highest BCUT2D eigenvalue weighted by Gasteiger charge is 2.23. The van der Waals surface area contributed by atoms with Gasteiger partial charge in [-0.1, -0.05) is 63.7 Å². The van der Waals surface area contributed by atoms with Gasteiger partial charge < -0.3 is 4.74 Å². The van der Waals surface area contributed by atoms with Crippen LogP contribution in [-0.4, -0.2) is 32.5 Å². The highest BCUT2D eigenvalue weighted by Crippen LogP contribution is 2.24. The van der Waals surface area contributed by atoms with Crippen molar-refractivity contribution < 1.29 is 4.74 Å². The molecule has 0 N–H and O–H groups in total. The Kier molecular flexibility index (Phi) is 7.39. The summed E-state index contributed by atoms with van der Waals surface area (Å²) in [6.07, 6.45) is 0. The largest absolute Gasteiger partial charge is 0.379 e. The number of alkyl halides is 4. The molecule has 80 valence electrons. The van der Waals surface area contributed by atoms with Crippen LogP contribution in [0.4, 0.5) is 0 Å². The Morgan fingerprint density at radius 2 is 1.23 bits per heavy atom. The van der Waals surface area contributed by atoms with Crippen molar-refractivity contribution in [3.63, 3.8) is 0 Å². The second kappa shape index (κ2) is 6.46. The average Bonchev–Trinajstić information content (AvgIpc) is 2.04. The predicted molar refractivity (Wildman–Crippen MR) is 73.1 cm³/mol. The van der Waals surface area contributed by atoms with E-state index in [0.717, 1.165) is 10.7 Å². The zero-order valence-corrected chi connectivity index (χ0v) is 14.1. The number of halogens is 4. The highest BCUT2D eigenvalue weighted by molar-refractivity contribution is 9.12. The van der Waals surface area contributed by atoms with Gasteiger partial charge in [0.25, 0.3) is 0 Å². The third-order valence-corrected chi connectivity index (χ3v) is 6.36. The Morgan fingerprint density at radius 1 is 0.923 bits per heavy atom. The summed E-state index contributed by atoms with van der Waals surface area (Å²) in [4.78, 5) is 0. The zero-order chi connectivity index (χ0) is 10.5. The van der Waals surface area contributed by atoms with E-state index in [-0.39, 0.29) is 8.65 Å².